The number of benzene rings is 2. The Morgan fingerprint density at radius 1 is 1.08 bits per heavy atom. The molecule has 1 fully saturated rings. The van der Waals surface area contributed by atoms with Crippen molar-refractivity contribution in [2.45, 2.75) is 26.3 Å². The van der Waals surface area contributed by atoms with Crippen molar-refractivity contribution < 1.29 is 14.3 Å². The normalized spacial score (nSPS) is 16.4. The molecule has 0 unspecified atom stereocenters. The molecule has 0 spiro atoms. The first kappa shape index (κ1) is 16.6. The highest BCUT2D eigenvalue weighted by Gasteiger charge is 2.26. The Labute approximate surface area is 153 Å². The number of fused-ring (bicyclic) bond motifs is 1. The van der Waals surface area contributed by atoms with Gasteiger partial charge in [-0.2, -0.15) is 0 Å². The third-order valence-corrected chi connectivity index (χ3v) is 4.99. The number of carbonyl (C=O) groups is 2. The fraction of sp³-hybridized carbons (Fsp3) is 0.333. The number of likely N-dealkylation sites (tertiary alicyclic amines) is 1. The summed E-state index contributed by atoms with van der Waals surface area (Å²) in [5, 5.41) is 0. The van der Waals surface area contributed by atoms with Crippen LogP contribution in [0.25, 0.3) is 0 Å². The van der Waals surface area contributed by atoms with Crippen LogP contribution in [0.5, 0.6) is 5.75 Å². The Balaban J connectivity index is 1.53. The first-order valence-corrected chi connectivity index (χ1v) is 9.04. The van der Waals surface area contributed by atoms with Gasteiger partial charge in [0.05, 0.1) is 12.2 Å². The Morgan fingerprint density at radius 2 is 1.81 bits per heavy atom. The molecule has 2 aromatic carbocycles. The average molecular weight is 350 g/mol. The van der Waals surface area contributed by atoms with Gasteiger partial charge in [0, 0.05) is 18.7 Å². The second-order valence-corrected chi connectivity index (χ2v) is 6.94. The van der Waals surface area contributed by atoms with E-state index in [1.165, 1.54) is 0 Å². The lowest BCUT2D eigenvalue weighted by atomic mass is 10.1. The lowest BCUT2D eigenvalue weighted by Crippen LogP contribution is -2.38. The number of amides is 2. The highest BCUT2D eigenvalue weighted by molar-refractivity contribution is 5.98. The van der Waals surface area contributed by atoms with Gasteiger partial charge in [-0.15, -0.1) is 0 Å². The van der Waals surface area contributed by atoms with Gasteiger partial charge in [0.2, 0.25) is 0 Å². The second kappa shape index (κ2) is 6.83. The van der Waals surface area contributed by atoms with Crippen molar-refractivity contribution in [3.63, 3.8) is 0 Å². The molecule has 1 saturated heterocycles. The number of anilines is 1. The zero-order chi connectivity index (χ0) is 18.1. The van der Waals surface area contributed by atoms with Crippen molar-refractivity contribution in [1.82, 2.24) is 4.90 Å². The molecule has 0 radical (unpaired) electrons. The van der Waals surface area contributed by atoms with E-state index in [1.807, 2.05) is 54.3 Å². The fourth-order valence-electron chi connectivity index (χ4n) is 3.52. The smallest absolute Gasteiger partial charge is 0.265 e. The molecule has 5 heteroatoms. The van der Waals surface area contributed by atoms with Crippen LogP contribution in [-0.2, 0) is 11.3 Å². The number of rotatable bonds is 3. The van der Waals surface area contributed by atoms with Gasteiger partial charge in [-0.1, -0.05) is 18.2 Å². The molecular formula is C21H22N2O3. The van der Waals surface area contributed by atoms with E-state index in [-0.39, 0.29) is 18.4 Å². The molecular weight excluding hydrogens is 328 g/mol. The molecule has 2 aromatic rings. The number of aryl methyl sites for hydroxylation is 1. The predicted molar refractivity (Wildman–Crippen MR) is 99.4 cm³/mol. The van der Waals surface area contributed by atoms with E-state index in [9.17, 15) is 9.59 Å². The molecule has 4 rings (SSSR count). The summed E-state index contributed by atoms with van der Waals surface area (Å²) in [6.45, 7) is 4.22. The maximum Gasteiger partial charge on any atom is 0.265 e. The van der Waals surface area contributed by atoms with Crippen molar-refractivity contribution in [2.24, 2.45) is 0 Å². The van der Waals surface area contributed by atoms with Gasteiger partial charge in [0.15, 0.2) is 6.61 Å². The Kier molecular flexibility index (Phi) is 4.37. The van der Waals surface area contributed by atoms with Crippen LogP contribution in [0.4, 0.5) is 5.69 Å². The molecule has 0 aromatic heterocycles. The predicted octanol–water partition coefficient (Wildman–Crippen LogP) is 3.16. The van der Waals surface area contributed by atoms with Gasteiger partial charge < -0.3 is 14.5 Å². The van der Waals surface area contributed by atoms with Gasteiger partial charge in [0.25, 0.3) is 11.8 Å². The molecule has 0 bridgehead atoms. The summed E-state index contributed by atoms with van der Waals surface area (Å²) < 4.78 is 5.52. The summed E-state index contributed by atoms with van der Waals surface area (Å²) in [4.78, 5) is 28.5. The van der Waals surface area contributed by atoms with Gasteiger partial charge >= 0.3 is 0 Å². The van der Waals surface area contributed by atoms with Crippen LogP contribution in [0.15, 0.2) is 42.5 Å². The summed E-state index contributed by atoms with van der Waals surface area (Å²) in [6.07, 6.45) is 2.17. The molecule has 2 aliphatic heterocycles. The van der Waals surface area contributed by atoms with Crippen LogP contribution < -0.4 is 9.64 Å². The maximum atomic E-state index is 12.4. The Bertz CT molecular complexity index is 839. The van der Waals surface area contributed by atoms with E-state index in [0.717, 1.165) is 48.5 Å². The number of hydrogen-bond acceptors (Lipinski definition) is 3. The molecule has 0 aliphatic carbocycles. The minimum absolute atomic E-state index is 0.0553. The van der Waals surface area contributed by atoms with Gasteiger partial charge in [-0.05, 0) is 55.2 Å². The SMILES string of the molecule is Cc1ccc2c(c1)N(Cc1ccc(C(=O)N3CCCC3)cc1)C(=O)CO2. The summed E-state index contributed by atoms with van der Waals surface area (Å²) in [6, 6.07) is 13.4. The lowest BCUT2D eigenvalue weighted by Gasteiger charge is -2.29. The third-order valence-electron chi connectivity index (χ3n) is 4.99. The number of carbonyl (C=O) groups excluding carboxylic acids is 2. The van der Waals surface area contributed by atoms with E-state index < -0.39 is 0 Å². The zero-order valence-corrected chi connectivity index (χ0v) is 14.9. The standard InChI is InChI=1S/C21H22N2O3/c1-15-4-9-19-18(12-15)23(20(24)14-26-19)13-16-5-7-17(8-6-16)21(25)22-10-2-3-11-22/h4-9,12H,2-3,10-11,13-14H2,1H3. The monoisotopic (exact) mass is 350 g/mol. The molecule has 134 valence electrons. The topological polar surface area (TPSA) is 49.9 Å². The van der Waals surface area contributed by atoms with Crippen molar-refractivity contribution >= 4 is 17.5 Å². The third kappa shape index (κ3) is 3.17. The molecule has 0 saturated carbocycles. The van der Waals surface area contributed by atoms with Crippen molar-refractivity contribution in [2.75, 3.05) is 24.6 Å². The molecule has 2 aliphatic rings. The second-order valence-electron chi connectivity index (χ2n) is 6.94. The van der Waals surface area contributed by atoms with Crippen LogP contribution in [0, 0.1) is 6.92 Å². The molecule has 5 nitrogen and oxygen atoms in total. The summed E-state index contributed by atoms with van der Waals surface area (Å²) in [5.74, 6) is 0.772. The van der Waals surface area contributed by atoms with E-state index in [4.69, 9.17) is 4.74 Å². The van der Waals surface area contributed by atoms with Gasteiger partial charge in [-0.3, -0.25) is 9.59 Å². The van der Waals surface area contributed by atoms with Crippen LogP contribution in [0.1, 0.15) is 34.3 Å². The van der Waals surface area contributed by atoms with E-state index >= 15 is 0 Å². The number of hydrogen-bond donors (Lipinski definition) is 0. The van der Waals surface area contributed by atoms with Gasteiger partial charge in [-0.25, -0.2) is 0 Å². The van der Waals surface area contributed by atoms with E-state index in [1.54, 1.807) is 4.90 Å². The minimum atomic E-state index is -0.0553. The van der Waals surface area contributed by atoms with Crippen LogP contribution in [-0.4, -0.2) is 36.4 Å². The van der Waals surface area contributed by atoms with Crippen molar-refractivity contribution in [3.8, 4) is 5.75 Å². The summed E-state index contributed by atoms with van der Waals surface area (Å²) in [5.41, 5.74) is 3.59. The fourth-order valence-corrected chi connectivity index (χ4v) is 3.52. The van der Waals surface area contributed by atoms with Crippen LogP contribution >= 0.6 is 0 Å². The average Bonchev–Trinajstić information content (AvgIpc) is 3.19. The van der Waals surface area contributed by atoms with Crippen LogP contribution in [0.2, 0.25) is 0 Å². The van der Waals surface area contributed by atoms with E-state index in [0.29, 0.717) is 12.1 Å². The molecule has 2 heterocycles. The zero-order valence-electron chi connectivity index (χ0n) is 14.9. The largest absolute Gasteiger partial charge is 0.482 e. The molecule has 2 amide bonds. The Morgan fingerprint density at radius 3 is 2.54 bits per heavy atom. The molecule has 0 atom stereocenters. The first-order valence-electron chi connectivity index (χ1n) is 9.04. The number of ether oxygens (including phenoxy) is 1. The maximum absolute atomic E-state index is 12.4. The summed E-state index contributed by atoms with van der Waals surface area (Å²) in [7, 11) is 0. The van der Waals surface area contributed by atoms with Crippen molar-refractivity contribution in [3.05, 3.63) is 59.2 Å². The molecule has 26 heavy (non-hydrogen) atoms. The lowest BCUT2D eigenvalue weighted by molar-refractivity contribution is -0.121. The highest BCUT2D eigenvalue weighted by atomic mass is 16.5. The molecule has 0 N–H and O–H groups in total. The van der Waals surface area contributed by atoms with Crippen LogP contribution in [0.3, 0.4) is 0 Å². The highest BCUT2D eigenvalue weighted by Crippen LogP contribution is 2.33. The number of nitrogens with zero attached hydrogens (tertiary/aromatic N) is 2. The van der Waals surface area contributed by atoms with Gasteiger partial charge in [0.1, 0.15) is 5.75 Å². The van der Waals surface area contributed by atoms with E-state index in [2.05, 4.69) is 0 Å². The minimum Gasteiger partial charge on any atom is -0.482 e. The first-order chi connectivity index (χ1) is 12.6. The quantitative estimate of drug-likeness (QED) is 0.854. The van der Waals surface area contributed by atoms with Crippen molar-refractivity contribution in [1.29, 1.82) is 0 Å². The summed E-state index contributed by atoms with van der Waals surface area (Å²) >= 11 is 0. The Hall–Kier alpha value is -2.82.